The molecule has 17 heavy (non-hydrogen) atoms. The molecule has 0 spiro atoms. The molecule has 1 heteroatoms. The molecule has 0 radical (unpaired) electrons. The summed E-state index contributed by atoms with van der Waals surface area (Å²) in [6.07, 6.45) is 17.3. The molecule has 0 aromatic carbocycles. The highest BCUT2D eigenvalue weighted by Gasteiger charge is 2.18. The lowest BCUT2D eigenvalue weighted by Gasteiger charge is -2.11. The van der Waals surface area contributed by atoms with Crippen LogP contribution in [0, 0.1) is 0 Å². The molecule has 1 rings (SSSR count). The van der Waals surface area contributed by atoms with E-state index in [2.05, 4.69) is 19.2 Å². The maximum absolute atomic E-state index is 3.68. The predicted octanol–water partition coefficient (Wildman–Crippen LogP) is 5.05. The van der Waals surface area contributed by atoms with Crippen molar-refractivity contribution in [1.82, 2.24) is 5.32 Å². The highest BCUT2D eigenvalue weighted by Crippen LogP contribution is 2.18. The van der Waals surface area contributed by atoms with E-state index < -0.39 is 0 Å². The van der Waals surface area contributed by atoms with Crippen LogP contribution in [0.3, 0.4) is 0 Å². The molecule has 1 aliphatic heterocycles. The summed E-state index contributed by atoms with van der Waals surface area (Å²) in [6.45, 7) is 4.61. The van der Waals surface area contributed by atoms with Crippen LogP contribution < -0.4 is 5.32 Å². The largest absolute Gasteiger partial charge is 0.312 e. The molecule has 0 aromatic rings. The predicted molar refractivity (Wildman–Crippen MR) is 77.5 cm³/mol. The normalized spacial score (nSPS) is 24.4. The number of rotatable bonds is 10. The average Bonchev–Trinajstić information content (AvgIpc) is 2.73. The zero-order chi connectivity index (χ0) is 12.3. The zero-order valence-electron chi connectivity index (χ0n) is 12.1. The Hall–Kier alpha value is -0.0400. The van der Waals surface area contributed by atoms with Gasteiger partial charge < -0.3 is 5.32 Å². The molecule has 0 saturated carbocycles. The van der Waals surface area contributed by atoms with Crippen molar-refractivity contribution in [3.63, 3.8) is 0 Å². The van der Waals surface area contributed by atoms with E-state index in [0.29, 0.717) is 0 Å². The summed E-state index contributed by atoms with van der Waals surface area (Å²) in [5.41, 5.74) is 0. The SMILES string of the molecule is CCCCCCCCCCC[C@H]1CC[C@H](C)N1. The first-order valence-corrected chi connectivity index (χ1v) is 8.09. The Balaban J connectivity index is 1.75. The van der Waals surface area contributed by atoms with Gasteiger partial charge in [-0.15, -0.1) is 0 Å². The molecule has 0 aliphatic carbocycles. The van der Waals surface area contributed by atoms with E-state index in [1.54, 1.807) is 0 Å². The van der Waals surface area contributed by atoms with Crippen molar-refractivity contribution in [2.75, 3.05) is 0 Å². The Morgan fingerprint density at radius 3 is 1.94 bits per heavy atom. The van der Waals surface area contributed by atoms with Gasteiger partial charge in [-0.3, -0.25) is 0 Å². The fourth-order valence-electron chi connectivity index (χ4n) is 2.95. The third-order valence-corrected chi connectivity index (χ3v) is 4.12. The van der Waals surface area contributed by atoms with Gasteiger partial charge in [-0.05, 0) is 26.2 Å². The molecule has 1 fully saturated rings. The van der Waals surface area contributed by atoms with Crippen LogP contribution in [0.25, 0.3) is 0 Å². The lowest BCUT2D eigenvalue weighted by molar-refractivity contribution is 0.484. The minimum Gasteiger partial charge on any atom is -0.312 e. The monoisotopic (exact) mass is 239 g/mol. The third-order valence-electron chi connectivity index (χ3n) is 4.12. The first-order chi connectivity index (χ1) is 8.33. The van der Waals surface area contributed by atoms with Gasteiger partial charge in [0.05, 0.1) is 0 Å². The van der Waals surface area contributed by atoms with Gasteiger partial charge in [0.15, 0.2) is 0 Å². The number of hydrogen-bond acceptors (Lipinski definition) is 1. The second-order valence-corrected chi connectivity index (χ2v) is 5.96. The Labute approximate surface area is 109 Å². The fraction of sp³-hybridized carbons (Fsp3) is 1.00. The average molecular weight is 239 g/mol. The minimum absolute atomic E-state index is 0.776. The van der Waals surface area contributed by atoms with E-state index in [1.165, 1.54) is 77.0 Å². The highest BCUT2D eigenvalue weighted by atomic mass is 15.0. The first kappa shape index (κ1) is 15.0. The van der Waals surface area contributed by atoms with Gasteiger partial charge >= 0.3 is 0 Å². The lowest BCUT2D eigenvalue weighted by atomic mass is 10.0. The summed E-state index contributed by atoms with van der Waals surface area (Å²) in [4.78, 5) is 0. The highest BCUT2D eigenvalue weighted by molar-refractivity contribution is 4.80. The van der Waals surface area contributed by atoms with Gasteiger partial charge in [-0.1, -0.05) is 64.7 Å². The third kappa shape index (κ3) is 7.81. The standard InChI is InChI=1S/C16H33N/c1-3-4-5-6-7-8-9-10-11-12-16-14-13-15(2)17-16/h15-17H,3-14H2,1-2H3/t15-,16-/m0/s1. The number of hydrogen-bond donors (Lipinski definition) is 1. The van der Waals surface area contributed by atoms with Crippen LogP contribution in [0.15, 0.2) is 0 Å². The maximum atomic E-state index is 3.68. The van der Waals surface area contributed by atoms with Gasteiger partial charge in [0.2, 0.25) is 0 Å². The summed E-state index contributed by atoms with van der Waals surface area (Å²) < 4.78 is 0. The summed E-state index contributed by atoms with van der Waals surface area (Å²) in [7, 11) is 0. The van der Waals surface area contributed by atoms with Crippen LogP contribution in [0.1, 0.15) is 90.9 Å². The molecule has 0 unspecified atom stereocenters. The van der Waals surface area contributed by atoms with Gasteiger partial charge in [-0.25, -0.2) is 0 Å². The topological polar surface area (TPSA) is 12.0 Å². The van der Waals surface area contributed by atoms with Gasteiger partial charge in [-0.2, -0.15) is 0 Å². The quantitative estimate of drug-likeness (QED) is 0.526. The van der Waals surface area contributed by atoms with E-state index in [0.717, 1.165) is 12.1 Å². The molecule has 102 valence electrons. The molecular formula is C16H33N. The van der Waals surface area contributed by atoms with E-state index in [4.69, 9.17) is 0 Å². The van der Waals surface area contributed by atoms with Crippen LogP contribution in [0.5, 0.6) is 0 Å². The summed E-state index contributed by atoms with van der Waals surface area (Å²) in [5, 5.41) is 3.68. The van der Waals surface area contributed by atoms with Crippen molar-refractivity contribution in [1.29, 1.82) is 0 Å². The van der Waals surface area contributed by atoms with Crippen LogP contribution in [0.4, 0.5) is 0 Å². The molecule has 1 aliphatic rings. The van der Waals surface area contributed by atoms with Gasteiger partial charge in [0, 0.05) is 12.1 Å². The van der Waals surface area contributed by atoms with Gasteiger partial charge in [0.25, 0.3) is 0 Å². The van der Waals surface area contributed by atoms with Crippen LogP contribution in [0.2, 0.25) is 0 Å². The smallest absolute Gasteiger partial charge is 0.00701 e. The first-order valence-electron chi connectivity index (χ1n) is 8.09. The molecule has 1 saturated heterocycles. The molecule has 0 aromatic heterocycles. The summed E-state index contributed by atoms with van der Waals surface area (Å²) in [6, 6.07) is 1.62. The van der Waals surface area contributed by atoms with E-state index >= 15 is 0 Å². The van der Waals surface area contributed by atoms with Crippen molar-refractivity contribution in [2.24, 2.45) is 0 Å². The fourth-order valence-corrected chi connectivity index (χ4v) is 2.95. The van der Waals surface area contributed by atoms with E-state index in [-0.39, 0.29) is 0 Å². The Morgan fingerprint density at radius 2 is 1.41 bits per heavy atom. The molecule has 1 heterocycles. The van der Waals surface area contributed by atoms with Crippen molar-refractivity contribution in [2.45, 2.75) is 103 Å². The molecule has 1 N–H and O–H groups in total. The molecular weight excluding hydrogens is 206 g/mol. The Morgan fingerprint density at radius 1 is 0.824 bits per heavy atom. The van der Waals surface area contributed by atoms with Crippen molar-refractivity contribution >= 4 is 0 Å². The lowest BCUT2D eigenvalue weighted by Crippen LogP contribution is -2.26. The van der Waals surface area contributed by atoms with Crippen LogP contribution in [-0.4, -0.2) is 12.1 Å². The number of unbranched alkanes of at least 4 members (excludes halogenated alkanes) is 8. The van der Waals surface area contributed by atoms with Crippen molar-refractivity contribution in [3.8, 4) is 0 Å². The van der Waals surface area contributed by atoms with E-state index in [9.17, 15) is 0 Å². The second kappa shape index (κ2) is 9.94. The zero-order valence-corrected chi connectivity index (χ0v) is 12.1. The molecule has 0 bridgehead atoms. The minimum atomic E-state index is 0.776. The molecule has 2 atom stereocenters. The molecule has 1 nitrogen and oxygen atoms in total. The number of nitrogens with one attached hydrogen (secondary N) is 1. The van der Waals surface area contributed by atoms with Crippen molar-refractivity contribution in [3.05, 3.63) is 0 Å². The second-order valence-electron chi connectivity index (χ2n) is 5.96. The Kier molecular flexibility index (Phi) is 8.78. The van der Waals surface area contributed by atoms with Crippen LogP contribution in [-0.2, 0) is 0 Å². The maximum Gasteiger partial charge on any atom is 0.00701 e. The van der Waals surface area contributed by atoms with E-state index in [1.807, 2.05) is 0 Å². The Bertz CT molecular complexity index is 167. The van der Waals surface area contributed by atoms with Crippen LogP contribution >= 0.6 is 0 Å². The van der Waals surface area contributed by atoms with Gasteiger partial charge in [0.1, 0.15) is 0 Å². The summed E-state index contributed by atoms with van der Waals surface area (Å²) in [5.74, 6) is 0. The summed E-state index contributed by atoms with van der Waals surface area (Å²) >= 11 is 0. The molecule has 0 amide bonds. The van der Waals surface area contributed by atoms with Crippen molar-refractivity contribution < 1.29 is 0 Å².